The van der Waals surface area contributed by atoms with E-state index in [0.717, 1.165) is 18.4 Å². The van der Waals surface area contributed by atoms with Crippen molar-refractivity contribution in [2.75, 3.05) is 7.11 Å². The Kier molecular flexibility index (Phi) is 3.29. The van der Waals surface area contributed by atoms with Gasteiger partial charge in [0.25, 0.3) is 0 Å². The predicted molar refractivity (Wildman–Crippen MR) is 51.7 cm³/mol. The van der Waals surface area contributed by atoms with Gasteiger partial charge in [-0.15, -0.1) is 0 Å². The highest BCUT2D eigenvalue weighted by Gasteiger charge is 2.07. The molecule has 0 N–H and O–H groups in total. The first-order valence-corrected chi connectivity index (χ1v) is 4.58. The van der Waals surface area contributed by atoms with Crippen LogP contribution >= 0.6 is 0 Å². The van der Waals surface area contributed by atoms with Gasteiger partial charge in [-0.3, -0.25) is 0 Å². The largest absolute Gasteiger partial charge is 0.494 e. The van der Waals surface area contributed by atoms with E-state index in [4.69, 9.17) is 4.74 Å². The fourth-order valence-corrected chi connectivity index (χ4v) is 1.45. The molecule has 72 valence electrons. The average molecular weight is 182 g/mol. The van der Waals surface area contributed by atoms with Crippen molar-refractivity contribution in [3.63, 3.8) is 0 Å². The van der Waals surface area contributed by atoms with E-state index in [1.54, 1.807) is 12.1 Å². The molecule has 0 atom stereocenters. The Morgan fingerprint density at radius 1 is 1.15 bits per heavy atom. The first-order chi connectivity index (χ1) is 6.22. The second kappa shape index (κ2) is 4.26. The van der Waals surface area contributed by atoms with Crippen molar-refractivity contribution in [1.82, 2.24) is 0 Å². The number of rotatable bonds is 3. The van der Waals surface area contributed by atoms with E-state index >= 15 is 0 Å². The van der Waals surface area contributed by atoms with Crippen LogP contribution in [-0.4, -0.2) is 7.11 Å². The zero-order chi connectivity index (χ0) is 9.84. The molecule has 13 heavy (non-hydrogen) atoms. The standard InChI is InChI=1S/C11H15FO/c1-4-8-6-10(12)11(13-3)7-9(8)5-2/h6-7H,4-5H2,1-3H3. The van der Waals surface area contributed by atoms with E-state index in [1.165, 1.54) is 12.7 Å². The summed E-state index contributed by atoms with van der Waals surface area (Å²) >= 11 is 0. The van der Waals surface area contributed by atoms with Crippen molar-refractivity contribution in [3.8, 4) is 5.75 Å². The van der Waals surface area contributed by atoms with Gasteiger partial charge in [0, 0.05) is 0 Å². The van der Waals surface area contributed by atoms with Gasteiger partial charge in [0.1, 0.15) is 0 Å². The second-order valence-corrected chi connectivity index (χ2v) is 2.96. The van der Waals surface area contributed by atoms with Crippen molar-refractivity contribution in [2.24, 2.45) is 0 Å². The molecule has 0 aromatic heterocycles. The maximum Gasteiger partial charge on any atom is 0.165 e. The number of ether oxygens (including phenoxy) is 1. The molecule has 0 spiro atoms. The topological polar surface area (TPSA) is 9.23 Å². The molecule has 1 rings (SSSR count). The van der Waals surface area contributed by atoms with Gasteiger partial charge < -0.3 is 4.74 Å². The molecule has 0 radical (unpaired) electrons. The van der Waals surface area contributed by atoms with Crippen LogP contribution in [0, 0.1) is 5.82 Å². The Hall–Kier alpha value is -1.05. The third-order valence-corrected chi connectivity index (χ3v) is 2.24. The lowest BCUT2D eigenvalue weighted by molar-refractivity contribution is 0.385. The second-order valence-electron chi connectivity index (χ2n) is 2.96. The fourth-order valence-electron chi connectivity index (χ4n) is 1.45. The summed E-state index contributed by atoms with van der Waals surface area (Å²) in [5.74, 6) is 0.0746. The molecule has 1 nitrogen and oxygen atoms in total. The van der Waals surface area contributed by atoms with Crippen LogP contribution < -0.4 is 4.74 Å². The maximum atomic E-state index is 13.2. The summed E-state index contributed by atoms with van der Waals surface area (Å²) in [6.07, 6.45) is 1.78. The van der Waals surface area contributed by atoms with E-state index in [9.17, 15) is 4.39 Å². The summed E-state index contributed by atoms with van der Waals surface area (Å²) in [6.45, 7) is 4.09. The van der Waals surface area contributed by atoms with Crippen LogP contribution in [0.2, 0.25) is 0 Å². The molecule has 0 bridgehead atoms. The SMILES string of the molecule is CCc1cc(F)c(OC)cc1CC. The molecule has 0 heterocycles. The summed E-state index contributed by atoms with van der Waals surface area (Å²) in [6, 6.07) is 3.35. The monoisotopic (exact) mass is 182 g/mol. The Morgan fingerprint density at radius 2 is 1.69 bits per heavy atom. The lowest BCUT2D eigenvalue weighted by atomic mass is 10.0. The van der Waals surface area contributed by atoms with Gasteiger partial charge >= 0.3 is 0 Å². The molecule has 0 saturated carbocycles. The summed E-state index contributed by atoms with van der Waals surface area (Å²) in [5.41, 5.74) is 2.24. The fraction of sp³-hybridized carbons (Fsp3) is 0.455. The summed E-state index contributed by atoms with van der Waals surface area (Å²) < 4.78 is 18.1. The molecule has 1 aromatic carbocycles. The van der Waals surface area contributed by atoms with E-state index in [-0.39, 0.29) is 5.82 Å². The van der Waals surface area contributed by atoms with Crippen molar-refractivity contribution in [1.29, 1.82) is 0 Å². The molecule has 2 heteroatoms. The number of benzene rings is 1. The lowest BCUT2D eigenvalue weighted by Crippen LogP contribution is -1.96. The molecule has 0 saturated heterocycles. The van der Waals surface area contributed by atoms with E-state index < -0.39 is 0 Å². The molecule has 0 fully saturated rings. The minimum atomic E-state index is -0.267. The normalized spacial score (nSPS) is 10.2. The van der Waals surface area contributed by atoms with Gasteiger partial charge in [0.05, 0.1) is 7.11 Å². The van der Waals surface area contributed by atoms with Gasteiger partial charge in [-0.05, 0) is 36.1 Å². The van der Waals surface area contributed by atoms with Gasteiger partial charge in [0.2, 0.25) is 0 Å². The minimum absolute atomic E-state index is 0.267. The van der Waals surface area contributed by atoms with E-state index in [1.807, 2.05) is 6.92 Å². The van der Waals surface area contributed by atoms with Crippen LogP contribution in [0.3, 0.4) is 0 Å². The Labute approximate surface area is 78.5 Å². The highest BCUT2D eigenvalue weighted by Crippen LogP contribution is 2.22. The molecule has 0 unspecified atom stereocenters. The molecule has 0 aliphatic carbocycles. The highest BCUT2D eigenvalue weighted by molar-refractivity contribution is 5.37. The molecule has 0 amide bonds. The van der Waals surface area contributed by atoms with Gasteiger partial charge in [-0.2, -0.15) is 0 Å². The zero-order valence-electron chi connectivity index (χ0n) is 8.36. The predicted octanol–water partition coefficient (Wildman–Crippen LogP) is 2.96. The molecular weight excluding hydrogens is 167 g/mol. The molecule has 1 aromatic rings. The Morgan fingerprint density at radius 3 is 2.15 bits per heavy atom. The first kappa shape index (κ1) is 10.0. The number of halogens is 1. The van der Waals surface area contributed by atoms with E-state index in [2.05, 4.69) is 6.92 Å². The van der Waals surface area contributed by atoms with Crippen LogP contribution in [0.1, 0.15) is 25.0 Å². The Bertz CT molecular complexity index is 294. The average Bonchev–Trinajstić information content (AvgIpc) is 2.17. The van der Waals surface area contributed by atoms with Crippen molar-refractivity contribution >= 4 is 0 Å². The number of aryl methyl sites for hydroxylation is 2. The quantitative estimate of drug-likeness (QED) is 0.698. The number of hydrogen-bond acceptors (Lipinski definition) is 1. The van der Waals surface area contributed by atoms with Gasteiger partial charge in [-0.1, -0.05) is 13.8 Å². The van der Waals surface area contributed by atoms with Crippen LogP contribution in [0.15, 0.2) is 12.1 Å². The third kappa shape index (κ3) is 2.00. The number of hydrogen-bond donors (Lipinski definition) is 0. The minimum Gasteiger partial charge on any atom is -0.494 e. The van der Waals surface area contributed by atoms with Gasteiger partial charge in [-0.25, -0.2) is 4.39 Å². The van der Waals surface area contributed by atoms with Crippen LogP contribution in [0.5, 0.6) is 5.75 Å². The summed E-state index contributed by atoms with van der Waals surface area (Å²) in [7, 11) is 1.49. The van der Waals surface area contributed by atoms with E-state index in [0.29, 0.717) is 5.75 Å². The summed E-state index contributed by atoms with van der Waals surface area (Å²) in [5, 5.41) is 0. The third-order valence-electron chi connectivity index (χ3n) is 2.24. The highest BCUT2D eigenvalue weighted by atomic mass is 19.1. The lowest BCUT2D eigenvalue weighted by Gasteiger charge is -2.09. The molecular formula is C11H15FO. The molecule has 0 aliphatic rings. The summed E-state index contributed by atoms with van der Waals surface area (Å²) in [4.78, 5) is 0. The van der Waals surface area contributed by atoms with Crippen LogP contribution in [-0.2, 0) is 12.8 Å². The first-order valence-electron chi connectivity index (χ1n) is 4.58. The van der Waals surface area contributed by atoms with Crippen LogP contribution in [0.25, 0.3) is 0 Å². The van der Waals surface area contributed by atoms with Crippen molar-refractivity contribution in [2.45, 2.75) is 26.7 Å². The van der Waals surface area contributed by atoms with Gasteiger partial charge in [0.15, 0.2) is 11.6 Å². The zero-order valence-corrected chi connectivity index (χ0v) is 8.36. The smallest absolute Gasteiger partial charge is 0.165 e. The number of methoxy groups -OCH3 is 1. The van der Waals surface area contributed by atoms with Crippen LogP contribution in [0.4, 0.5) is 4.39 Å². The van der Waals surface area contributed by atoms with Crippen molar-refractivity contribution < 1.29 is 9.13 Å². The Balaban J connectivity index is 3.18. The molecule has 0 aliphatic heterocycles. The van der Waals surface area contributed by atoms with Crippen molar-refractivity contribution in [3.05, 3.63) is 29.1 Å². The maximum absolute atomic E-state index is 13.2.